The predicted molar refractivity (Wildman–Crippen MR) is 49.2 cm³/mol. The van der Waals surface area contributed by atoms with E-state index in [-0.39, 0.29) is 5.91 Å². The highest BCUT2D eigenvalue weighted by atomic mass is 16.1. The molecule has 1 aromatic rings. The number of pyridine rings is 1. The van der Waals surface area contributed by atoms with E-state index in [0.29, 0.717) is 5.56 Å². The molecule has 68 valence electrons. The summed E-state index contributed by atoms with van der Waals surface area (Å²) in [6.45, 7) is 0. The third-order valence-corrected chi connectivity index (χ3v) is 2.30. The van der Waals surface area contributed by atoms with E-state index < -0.39 is 0 Å². The van der Waals surface area contributed by atoms with Crippen molar-refractivity contribution < 1.29 is 4.79 Å². The zero-order chi connectivity index (χ0) is 9.26. The lowest BCUT2D eigenvalue weighted by atomic mass is 10.1. The van der Waals surface area contributed by atoms with Gasteiger partial charge in [-0.3, -0.25) is 9.78 Å². The van der Waals surface area contributed by atoms with E-state index in [4.69, 9.17) is 5.73 Å². The monoisotopic (exact) mass is 176 g/mol. The van der Waals surface area contributed by atoms with E-state index in [1.165, 1.54) is 12.8 Å². The maximum absolute atomic E-state index is 10.8. The van der Waals surface area contributed by atoms with Gasteiger partial charge in [0.25, 0.3) is 0 Å². The summed E-state index contributed by atoms with van der Waals surface area (Å²) in [5.74, 6) is 0.412. The van der Waals surface area contributed by atoms with Crippen LogP contribution in [-0.4, -0.2) is 10.9 Å². The van der Waals surface area contributed by atoms with Crippen LogP contribution in [0.2, 0.25) is 0 Å². The van der Waals surface area contributed by atoms with Gasteiger partial charge in [-0.15, -0.1) is 0 Å². The molecule has 1 aliphatic rings. The minimum atomic E-state index is -0.376. The van der Waals surface area contributed by atoms with Crippen LogP contribution in [0.4, 0.5) is 0 Å². The molecule has 2 rings (SSSR count). The lowest BCUT2D eigenvalue weighted by Gasteiger charge is -1.99. The first-order valence-electron chi connectivity index (χ1n) is 4.50. The van der Waals surface area contributed by atoms with Gasteiger partial charge in [0.1, 0.15) is 0 Å². The molecule has 0 aliphatic heterocycles. The number of carbonyl (C=O) groups is 1. The van der Waals surface area contributed by atoms with Gasteiger partial charge in [-0.25, -0.2) is 0 Å². The largest absolute Gasteiger partial charge is 0.366 e. The fourth-order valence-corrected chi connectivity index (χ4v) is 1.36. The second-order valence-corrected chi connectivity index (χ2v) is 3.55. The molecule has 0 unspecified atom stereocenters. The molecule has 2 N–H and O–H groups in total. The average Bonchev–Trinajstić information content (AvgIpc) is 2.89. The summed E-state index contributed by atoms with van der Waals surface area (Å²) in [5.41, 5.74) is 6.71. The molecule has 1 heterocycles. The van der Waals surface area contributed by atoms with E-state index in [2.05, 4.69) is 4.98 Å². The van der Waals surface area contributed by atoms with E-state index in [1.807, 2.05) is 0 Å². The molecular weight excluding hydrogens is 164 g/mol. The van der Waals surface area contributed by atoms with Gasteiger partial charge in [-0.05, 0) is 37.3 Å². The minimum Gasteiger partial charge on any atom is -0.366 e. The number of aromatic nitrogens is 1. The summed E-state index contributed by atoms with van der Waals surface area (Å²) >= 11 is 0. The molecule has 1 aromatic heterocycles. The van der Waals surface area contributed by atoms with Crippen molar-refractivity contribution in [2.75, 3.05) is 0 Å². The molecule has 0 atom stereocenters. The van der Waals surface area contributed by atoms with E-state index >= 15 is 0 Å². The van der Waals surface area contributed by atoms with Crippen molar-refractivity contribution in [1.29, 1.82) is 0 Å². The highest BCUT2D eigenvalue weighted by molar-refractivity contribution is 5.92. The zero-order valence-electron chi connectivity index (χ0n) is 7.36. The Kier molecular flexibility index (Phi) is 2.00. The summed E-state index contributed by atoms with van der Waals surface area (Å²) < 4.78 is 0. The molecule has 0 radical (unpaired) electrons. The smallest absolute Gasteiger partial charge is 0.248 e. The van der Waals surface area contributed by atoms with Crippen LogP contribution in [0.3, 0.4) is 0 Å². The van der Waals surface area contributed by atoms with Crippen molar-refractivity contribution >= 4 is 5.91 Å². The standard InChI is InChI=1S/C10H12N2O/c11-10(13)8-3-4-12-9(6-8)5-7-1-2-7/h3-4,6-7H,1-2,5H2,(H2,11,13). The van der Waals surface area contributed by atoms with Gasteiger partial charge in [0.15, 0.2) is 0 Å². The van der Waals surface area contributed by atoms with Crippen molar-refractivity contribution in [3.05, 3.63) is 29.6 Å². The van der Waals surface area contributed by atoms with Gasteiger partial charge in [-0.2, -0.15) is 0 Å². The molecule has 0 spiro atoms. The Morgan fingerprint density at radius 3 is 3.00 bits per heavy atom. The molecule has 0 saturated heterocycles. The summed E-state index contributed by atoms with van der Waals surface area (Å²) in [7, 11) is 0. The van der Waals surface area contributed by atoms with Crippen LogP contribution in [0.25, 0.3) is 0 Å². The molecule has 0 bridgehead atoms. The second-order valence-electron chi connectivity index (χ2n) is 3.55. The quantitative estimate of drug-likeness (QED) is 0.750. The Morgan fingerprint density at radius 2 is 2.38 bits per heavy atom. The number of hydrogen-bond donors (Lipinski definition) is 1. The molecular formula is C10H12N2O. The number of rotatable bonds is 3. The van der Waals surface area contributed by atoms with Crippen molar-refractivity contribution in [1.82, 2.24) is 4.98 Å². The predicted octanol–water partition coefficient (Wildman–Crippen LogP) is 1.13. The molecule has 1 aliphatic carbocycles. The number of primary amides is 1. The number of hydrogen-bond acceptors (Lipinski definition) is 2. The molecule has 13 heavy (non-hydrogen) atoms. The average molecular weight is 176 g/mol. The van der Waals surface area contributed by atoms with Crippen LogP contribution < -0.4 is 5.73 Å². The van der Waals surface area contributed by atoms with Crippen LogP contribution in [-0.2, 0) is 6.42 Å². The van der Waals surface area contributed by atoms with Crippen LogP contribution in [0, 0.1) is 5.92 Å². The number of nitrogens with two attached hydrogens (primary N) is 1. The zero-order valence-corrected chi connectivity index (χ0v) is 7.36. The molecule has 0 aromatic carbocycles. The fraction of sp³-hybridized carbons (Fsp3) is 0.400. The van der Waals surface area contributed by atoms with Gasteiger partial charge in [-0.1, -0.05) is 0 Å². The van der Waals surface area contributed by atoms with Gasteiger partial charge in [0, 0.05) is 17.5 Å². The van der Waals surface area contributed by atoms with Crippen LogP contribution in [0.5, 0.6) is 0 Å². The first-order chi connectivity index (χ1) is 6.25. The first kappa shape index (κ1) is 8.23. The van der Waals surface area contributed by atoms with E-state index in [9.17, 15) is 4.79 Å². The Labute approximate surface area is 77.0 Å². The Balaban J connectivity index is 2.15. The normalized spacial score (nSPS) is 15.7. The Morgan fingerprint density at radius 1 is 1.62 bits per heavy atom. The van der Waals surface area contributed by atoms with Gasteiger partial charge < -0.3 is 5.73 Å². The molecule has 3 heteroatoms. The van der Waals surface area contributed by atoms with Crippen LogP contribution >= 0.6 is 0 Å². The third-order valence-electron chi connectivity index (χ3n) is 2.30. The fourth-order valence-electron chi connectivity index (χ4n) is 1.36. The first-order valence-corrected chi connectivity index (χ1v) is 4.50. The third kappa shape index (κ3) is 2.05. The lowest BCUT2D eigenvalue weighted by Crippen LogP contribution is -2.11. The van der Waals surface area contributed by atoms with E-state index in [1.54, 1.807) is 18.3 Å². The molecule has 1 saturated carbocycles. The maximum atomic E-state index is 10.8. The van der Waals surface area contributed by atoms with E-state index in [0.717, 1.165) is 18.0 Å². The highest BCUT2D eigenvalue weighted by Crippen LogP contribution is 2.31. The van der Waals surface area contributed by atoms with Crippen molar-refractivity contribution in [2.45, 2.75) is 19.3 Å². The topological polar surface area (TPSA) is 56.0 Å². The number of carbonyl (C=O) groups excluding carboxylic acids is 1. The van der Waals surface area contributed by atoms with Crippen molar-refractivity contribution in [3.63, 3.8) is 0 Å². The molecule has 3 nitrogen and oxygen atoms in total. The maximum Gasteiger partial charge on any atom is 0.248 e. The summed E-state index contributed by atoms with van der Waals surface area (Å²) in [5, 5.41) is 0. The summed E-state index contributed by atoms with van der Waals surface area (Å²) in [6, 6.07) is 3.44. The van der Waals surface area contributed by atoms with Crippen molar-refractivity contribution in [2.24, 2.45) is 11.7 Å². The Bertz CT molecular complexity index is 331. The van der Waals surface area contributed by atoms with Gasteiger partial charge in [0.2, 0.25) is 5.91 Å². The van der Waals surface area contributed by atoms with Gasteiger partial charge in [0.05, 0.1) is 0 Å². The molecule has 1 fully saturated rings. The minimum absolute atomic E-state index is 0.376. The summed E-state index contributed by atoms with van der Waals surface area (Å²) in [6.07, 6.45) is 5.23. The molecule has 1 amide bonds. The van der Waals surface area contributed by atoms with Crippen molar-refractivity contribution in [3.8, 4) is 0 Å². The number of nitrogens with zero attached hydrogens (tertiary/aromatic N) is 1. The van der Waals surface area contributed by atoms with Gasteiger partial charge >= 0.3 is 0 Å². The lowest BCUT2D eigenvalue weighted by molar-refractivity contribution is 0.1000. The summed E-state index contributed by atoms with van der Waals surface area (Å²) in [4.78, 5) is 15.0. The number of amides is 1. The van der Waals surface area contributed by atoms with Crippen LogP contribution in [0.1, 0.15) is 28.9 Å². The Hall–Kier alpha value is -1.38. The SMILES string of the molecule is NC(=O)c1ccnc(CC2CC2)c1. The highest BCUT2D eigenvalue weighted by Gasteiger charge is 2.22. The van der Waals surface area contributed by atoms with Crippen LogP contribution in [0.15, 0.2) is 18.3 Å². The second kappa shape index (κ2) is 3.17.